The molecule has 118 valence electrons. The molecule has 5 heteroatoms. The summed E-state index contributed by atoms with van der Waals surface area (Å²) in [6.07, 6.45) is 3.79. The molecule has 1 atom stereocenters. The smallest absolute Gasteiger partial charge is 0.218 e. The standard InChI is InChI=1S/C16H28N4O/c1-5-17-14-10-15(19-16(18-14)12(2)3)21-11-13-8-6-7-9-20(13)4/h10,12-13H,5-9,11H2,1-4H3,(H,17,18,19). The number of nitrogens with zero attached hydrogens (tertiary/aromatic N) is 3. The number of rotatable bonds is 6. The third kappa shape index (κ3) is 4.56. The monoisotopic (exact) mass is 292 g/mol. The Balaban J connectivity index is 2.04. The Morgan fingerprint density at radius 2 is 2.19 bits per heavy atom. The molecule has 0 amide bonds. The number of likely N-dealkylation sites (tertiary alicyclic amines) is 1. The summed E-state index contributed by atoms with van der Waals surface area (Å²) in [5.41, 5.74) is 0. The average molecular weight is 292 g/mol. The Kier molecular flexibility index (Phi) is 5.79. The van der Waals surface area contributed by atoms with Crippen LogP contribution >= 0.6 is 0 Å². The van der Waals surface area contributed by atoms with E-state index in [1.165, 1.54) is 19.3 Å². The third-order valence-corrected chi connectivity index (χ3v) is 3.94. The Bertz CT molecular complexity index is 450. The normalized spacial score (nSPS) is 19.8. The van der Waals surface area contributed by atoms with E-state index in [0.29, 0.717) is 24.4 Å². The summed E-state index contributed by atoms with van der Waals surface area (Å²) in [4.78, 5) is 11.4. The second-order valence-electron chi connectivity index (χ2n) is 6.08. The van der Waals surface area contributed by atoms with Gasteiger partial charge in [0.2, 0.25) is 5.88 Å². The van der Waals surface area contributed by atoms with E-state index in [9.17, 15) is 0 Å². The highest BCUT2D eigenvalue weighted by Crippen LogP contribution is 2.20. The van der Waals surface area contributed by atoms with E-state index in [0.717, 1.165) is 24.7 Å². The number of nitrogens with one attached hydrogen (secondary N) is 1. The molecular weight excluding hydrogens is 264 g/mol. The van der Waals surface area contributed by atoms with E-state index in [1.807, 2.05) is 6.07 Å². The number of hydrogen-bond donors (Lipinski definition) is 1. The summed E-state index contributed by atoms with van der Waals surface area (Å²) in [5, 5.41) is 3.25. The number of ether oxygens (including phenoxy) is 1. The Morgan fingerprint density at radius 3 is 2.86 bits per heavy atom. The van der Waals surface area contributed by atoms with Crippen LogP contribution in [-0.4, -0.2) is 47.7 Å². The Hall–Kier alpha value is -1.36. The molecule has 0 saturated carbocycles. The van der Waals surface area contributed by atoms with Crippen molar-refractivity contribution < 1.29 is 4.74 Å². The van der Waals surface area contributed by atoms with Gasteiger partial charge in [0.1, 0.15) is 18.2 Å². The first-order valence-corrected chi connectivity index (χ1v) is 8.06. The van der Waals surface area contributed by atoms with Gasteiger partial charge in [-0.25, -0.2) is 4.98 Å². The van der Waals surface area contributed by atoms with Gasteiger partial charge in [-0.3, -0.25) is 0 Å². The van der Waals surface area contributed by atoms with Crippen molar-refractivity contribution in [2.45, 2.75) is 52.0 Å². The van der Waals surface area contributed by atoms with Crippen LogP contribution in [0.15, 0.2) is 6.07 Å². The van der Waals surface area contributed by atoms with Crippen LogP contribution < -0.4 is 10.1 Å². The van der Waals surface area contributed by atoms with Gasteiger partial charge in [-0.05, 0) is 33.4 Å². The molecule has 1 N–H and O–H groups in total. The summed E-state index contributed by atoms with van der Waals surface area (Å²) in [6, 6.07) is 2.40. The summed E-state index contributed by atoms with van der Waals surface area (Å²) in [6.45, 7) is 8.98. The van der Waals surface area contributed by atoms with Crippen LogP contribution in [0, 0.1) is 0 Å². The molecule has 2 heterocycles. The van der Waals surface area contributed by atoms with Gasteiger partial charge in [-0.2, -0.15) is 4.98 Å². The fourth-order valence-corrected chi connectivity index (χ4v) is 2.58. The van der Waals surface area contributed by atoms with Crippen molar-refractivity contribution in [1.29, 1.82) is 0 Å². The number of hydrogen-bond acceptors (Lipinski definition) is 5. The average Bonchev–Trinajstić information content (AvgIpc) is 2.46. The maximum atomic E-state index is 5.96. The Morgan fingerprint density at radius 1 is 1.38 bits per heavy atom. The lowest BCUT2D eigenvalue weighted by Gasteiger charge is -2.32. The highest BCUT2D eigenvalue weighted by atomic mass is 16.5. The van der Waals surface area contributed by atoms with Crippen molar-refractivity contribution in [2.75, 3.05) is 32.1 Å². The highest BCUT2D eigenvalue weighted by molar-refractivity contribution is 5.38. The molecular formula is C16H28N4O. The molecule has 0 aliphatic carbocycles. The van der Waals surface area contributed by atoms with E-state index >= 15 is 0 Å². The molecule has 1 aromatic rings. The van der Waals surface area contributed by atoms with Crippen molar-refractivity contribution in [3.05, 3.63) is 11.9 Å². The maximum Gasteiger partial charge on any atom is 0.218 e. The molecule has 0 radical (unpaired) electrons. The van der Waals surface area contributed by atoms with Gasteiger partial charge in [-0.1, -0.05) is 20.3 Å². The molecule has 0 bridgehead atoms. The third-order valence-electron chi connectivity index (χ3n) is 3.94. The van der Waals surface area contributed by atoms with Gasteiger partial charge in [0, 0.05) is 24.6 Å². The molecule has 1 aliphatic rings. The zero-order chi connectivity index (χ0) is 15.2. The first-order chi connectivity index (χ1) is 10.1. The van der Waals surface area contributed by atoms with Crippen molar-refractivity contribution in [2.24, 2.45) is 0 Å². The van der Waals surface area contributed by atoms with Crippen molar-refractivity contribution in [3.8, 4) is 5.88 Å². The maximum absolute atomic E-state index is 5.96. The molecule has 0 spiro atoms. The molecule has 2 rings (SSSR count). The lowest BCUT2D eigenvalue weighted by atomic mass is 10.0. The molecule has 1 aliphatic heterocycles. The second kappa shape index (κ2) is 7.59. The van der Waals surface area contributed by atoms with Gasteiger partial charge in [-0.15, -0.1) is 0 Å². The van der Waals surface area contributed by atoms with Crippen LogP contribution in [0.3, 0.4) is 0 Å². The predicted molar refractivity (Wildman–Crippen MR) is 86.0 cm³/mol. The summed E-state index contributed by atoms with van der Waals surface area (Å²) in [5.74, 6) is 2.66. The zero-order valence-corrected chi connectivity index (χ0v) is 13.7. The number of likely N-dealkylation sites (N-methyl/N-ethyl adjacent to an activating group) is 1. The first kappa shape index (κ1) is 16.0. The van der Waals surface area contributed by atoms with Gasteiger partial charge in [0.25, 0.3) is 0 Å². The predicted octanol–water partition coefficient (Wildman–Crippen LogP) is 2.89. The number of anilines is 1. The lowest BCUT2D eigenvalue weighted by Crippen LogP contribution is -2.40. The van der Waals surface area contributed by atoms with E-state index in [2.05, 4.69) is 48.0 Å². The van der Waals surface area contributed by atoms with Crippen LogP contribution in [-0.2, 0) is 0 Å². The minimum Gasteiger partial charge on any atom is -0.476 e. The van der Waals surface area contributed by atoms with Crippen molar-refractivity contribution in [1.82, 2.24) is 14.9 Å². The van der Waals surface area contributed by atoms with Gasteiger partial charge < -0.3 is 15.0 Å². The molecule has 0 aromatic carbocycles. The Labute approximate surface area is 128 Å². The number of aromatic nitrogens is 2. The molecule has 1 saturated heterocycles. The molecule has 5 nitrogen and oxygen atoms in total. The fourth-order valence-electron chi connectivity index (χ4n) is 2.58. The van der Waals surface area contributed by atoms with E-state index in [4.69, 9.17) is 4.74 Å². The highest BCUT2D eigenvalue weighted by Gasteiger charge is 2.20. The zero-order valence-electron chi connectivity index (χ0n) is 13.7. The number of piperidine rings is 1. The molecule has 1 unspecified atom stereocenters. The second-order valence-corrected chi connectivity index (χ2v) is 6.08. The first-order valence-electron chi connectivity index (χ1n) is 8.06. The van der Waals surface area contributed by atoms with Gasteiger partial charge in [0.05, 0.1) is 0 Å². The van der Waals surface area contributed by atoms with E-state index in [-0.39, 0.29) is 0 Å². The quantitative estimate of drug-likeness (QED) is 0.873. The SMILES string of the molecule is CCNc1cc(OCC2CCCCN2C)nc(C(C)C)n1. The van der Waals surface area contributed by atoms with Gasteiger partial charge in [0.15, 0.2) is 0 Å². The van der Waals surface area contributed by atoms with E-state index < -0.39 is 0 Å². The van der Waals surface area contributed by atoms with Crippen LogP contribution in [0.4, 0.5) is 5.82 Å². The van der Waals surface area contributed by atoms with Crippen LogP contribution in [0.1, 0.15) is 51.8 Å². The van der Waals surface area contributed by atoms with Gasteiger partial charge >= 0.3 is 0 Å². The largest absolute Gasteiger partial charge is 0.476 e. The molecule has 1 aromatic heterocycles. The summed E-state index contributed by atoms with van der Waals surface area (Å²) in [7, 11) is 2.18. The molecule has 1 fully saturated rings. The van der Waals surface area contributed by atoms with Crippen LogP contribution in [0.5, 0.6) is 5.88 Å². The lowest BCUT2D eigenvalue weighted by molar-refractivity contribution is 0.122. The minimum absolute atomic E-state index is 0.295. The fraction of sp³-hybridized carbons (Fsp3) is 0.750. The summed E-state index contributed by atoms with van der Waals surface area (Å²) >= 11 is 0. The summed E-state index contributed by atoms with van der Waals surface area (Å²) < 4.78 is 5.96. The minimum atomic E-state index is 0.295. The van der Waals surface area contributed by atoms with Crippen LogP contribution in [0.2, 0.25) is 0 Å². The topological polar surface area (TPSA) is 50.3 Å². The molecule has 21 heavy (non-hydrogen) atoms. The van der Waals surface area contributed by atoms with E-state index in [1.54, 1.807) is 0 Å². The van der Waals surface area contributed by atoms with Crippen molar-refractivity contribution >= 4 is 5.82 Å². The van der Waals surface area contributed by atoms with Crippen LogP contribution in [0.25, 0.3) is 0 Å². The van der Waals surface area contributed by atoms with Crippen molar-refractivity contribution in [3.63, 3.8) is 0 Å².